The molecular weight excluding hydrogens is 296 g/mol. The second-order valence-electron chi connectivity index (χ2n) is 5.41. The minimum Gasteiger partial charge on any atom is -0.508 e. The Morgan fingerprint density at radius 2 is 1.04 bits per heavy atom. The lowest BCUT2D eigenvalue weighted by molar-refractivity contribution is 0.475. The first-order chi connectivity index (χ1) is 11.7. The Hall–Kier alpha value is -3.26. The number of phenolic OH excluding ortho intramolecular Hbond substituents is 2. The van der Waals surface area contributed by atoms with E-state index in [-0.39, 0.29) is 0 Å². The van der Waals surface area contributed by atoms with Crippen LogP contribution in [0.1, 0.15) is 0 Å². The van der Waals surface area contributed by atoms with E-state index in [1.807, 2.05) is 78.9 Å². The van der Waals surface area contributed by atoms with Crippen LogP contribution in [0.5, 0.6) is 11.5 Å². The highest BCUT2D eigenvalue weighted by atomic mass is 16.3. The Bertz CT molecular complexity index is 908. The van der Waals surface area contributed by atoms with Crippen molar-refractivity contribution < 1.29 is 10.2 Å². The fraction of sp³-hybridized carbons (Fsp3) is 0. The van der Waals surface area contributed by atoms with Gasteiger partial charge in [-0.05, 0) is 34.7 Å². The molecule has 0 unspecified atom stereocenters. The Kier molecular flexibility index (Phi) is 4.78. The predicted octanol–water partition coefficient (Wildman–Crippen LogP) is 5.60. The summed E-state index contributed by atoms with van der Waals surface area (Å²) in [5.74, 6) is 0.655. The van der Waals surface area contributed by atoms with Crippen LogP contribution in [0.25, 0.3) is 21.9 Å². The molecule has 2 heteroatoms. The first kappa shape index (κ1) is 15.6. The molecule has 0 bridgehead atoms. The van der Waals surface area contributed by atoms with Crippen LogP contribution in [-0.2, 0) is 0 Å². The van der Waals surface area contributed by atoms with Gasteiger partial charge in [-0.2, -0.15) is 0 Å². The Morgan fingerprint density at radius 1 is 0.458 bits per heavy atom. The van der Waals surface area contributed by atoms with E-state index in [4.69, 9.17) is 5.11 Å². The molecule has 2 nitrogen and oxygen atoms in total. The maximum atomic E-state index is 9.37. The molecule has 0 radical (unpaired) electrons. The molecule has 0 aliphatic heterocycles. The molecule has 24 heavy (non-hydrogen) atoms. The van der Waals surface area contributed by atoms with Gasteiger partial charge in [0.1, 0.15) is 11.5 Å². The molecule has 4 rings (SSSR count). The minimum absolute atomic E-state index is 0.305. The lowest BCUT2D eigenvalue weighted by atomic mass is 10.1. The standard InChI is InChI=1S/C12H10O.C10H8O/c13-12-8-6-11(7-9-12)10-4-2-1-3-5-10;11-10-7-3-5-8-4-1-2-6-9(8)10/h1-9,13H;1-7,11H. The number of hydrogen-bond acceptors (Lipinski definition) is 2. The molecule has 0 aromatic heterocycles. The summed E-state index contributed by atoms with van der Waals surface area (Å²) in [6.45, 7) is 0. The Morgan fingerprint density at radius 3 is 1.75 bits per heavy atom. The fourth-order valence-electron chi connectivity index (χ4n) is 2.49. The summed E-state index contributed by atoms with van der Waals surface area (Å²) in [5.41, 5.74) is 2.29. The molecule has 4 aromatic carbocycles. The number of hydrogen-bond donors (Lipinski definition) is 2. The van der Waals surface area contributed by atoms with Crippen molar-refractivity contribution >= 4 is 10.8 Å². The SMILES string of the molecule is Oc1ccc(-c2ccccc2)cc1.Oc1cccc2ccccc12. The monoisotopic (exact) mass is 314 g/mol. The molecule has 0 saturated heterocycles. The van der Waals surface area contributed by atoms with Crippen molar-refractivity contribution in [3.05, 3.63) is 97.1 Å². The zero-order chi connectivity index (χ0) is 16.8. The van der Waals surface area contributed by atoms with Crippen LogP contribution in [0.3, 0.4) is 0 Å². The highest BCUT2D eigenvalue weighted by Gasteiger charge is 1.95. The van der Waals surface area contributed by atoms with Crippen molar-refractivity contribution in [3.8, 4) is 22.6 Å². The van der Waals surface area contributed by atoms with E-state index in [1.54, 1.807) is 18.2 Å². The van der Waals surface area contributed by atoms with Gasteiger partial charge in [-0.3, -0.25) is 0 Å². The van der Waals surface area contributed by atoms with E-state index in [9.17, 15) is 5.11 Å². The highest BCUT2D eigenvalue weighted by Crippen LogP contribution is 2.23. The lowest BCUT2D eigenvalue weighted by Gasteiger charge is -2.00. The quantitative estimate of drug-likeness (QED) is 0.480. The zero-order valence-corrected chi connectivity index (χ0v) is 13.1. The van der Waals surface area contributed by atoms with Crippen molar-refractivity contribution in [3.63, 3.8) is 0 Å². The van der Waals surface area contributed by atoms with Gasteiger partial charge >= 0.3 is 0 Å². The van der Waals surface area contributed by atoms with E-state index >= 15 is 0 Å². The van der Waals surface area contributed by atoms with Crippen LogP contribution in [0.2, 0.25) is 0 Å². The average molecular weight is 314 g/mol. The molecule has 0 spiro atoms. The predicted molar refractivity (Wildman–Crippen MR) is 99.2 cm³/mol. The molecule has 0 aliphatic carbocycles. The Labute approximate surface area is 141 Å². The largest absolute Gasteiger partial charge is 0.508 e. The van der Waals surface area contributed by atoms with E-state index < -0.39 is 0 Å². The molecule has 0 atom stereocenters. The average Bonchev–Trinajstić information content (AvgIpc) is 2.64. The van der Waals surface area contributed by atoms with Gasteiger partial charge in [0.25, 0.3) is 0 Å². The van der Waals surface area contributed by atoms with Crippen molar-refractivity contribution in [2.45, 2.75) is 0 Å². The molecular formula is C22H18O2. The number of phenols is 2. The third kappa shape index (κ3) is 3.73. The van der Waals surface area contributed by atoms with Crippen LogP contribution < -0.4 is 0 Å². The fourth-order valence-corrected chi connectivity index (χ4v) is 2.49. The summed E-state index contributed by atoms with van der Waals surface area (Å²) in [7, 11) is 0. The second-order valence-corrected chi connectivity index (χ2v) is 5.41. The number of benzene rings is 4. The molecule has 0 amide bonds. The van der Waals surface area contributed by atoms with Crippen molar-refractivity contribution in [1.82, 2.24) is 0 Å². The molecule has 0 saturated carbocycles. The van der Waals surface area contributed by atoms with Gasteiger partial charge < -0.3 is 10.2 Å². The van der Waals surface area contributed by atoms with Gasteiger partial charge in [0.05, 0.1) is 0 Å². The van der Waals surface area contributed by atoms with Crippen molar-refractivity contribution in [1.29, 1.82) is 0 Å². The molecule has 2 N–H and O–H groups in total. The van der Waals surface area contributed by atoms with Crippen LogP contribution in [0.4, 0.5) is 0 Å². The topological polar surface area (TPSA) is 40.5 Å². The lowest BCUT2D eigenvalue weighted by Crippen LogP contribution is -1.74. The maximum Gasteiger partial charge on any atom is 0.123 e. The third-order valence-electron chi connectivity index (χ3n) is 3.74. The summed E-state index contributed by atoms with van der Waals surface area (Å²) >= 11 is 0. The van der Waals surface area contributed by atoms with Gasteiger partial charge in [0.15, 0.2) is 0 Å². The normalized spacial score (nSPS) is 10.0. The van der Waals surface area contributed by atoms with Gasteiger partial charge in [-0.15, -0.1) is 0 Å². The van der Waals surface area contributed by atoms with E-state index in [0.717, 1.165) is 16.3 Å². The number of fused-ring (bicyclic) bond motifs is 1. The van der Waals surface area contributed by atoms with Crippen LogP contribution in [-0.4, -0.2) is 10.2 Å². The molecule has 4 aromatic rings. The van der Waals surface area contributed by atoms with Gasteiger partial charge in [0, 0.05) is 5.39 Å². The van der Waals surface area contributed by atoms with Gasteiger partial charge in [-0.25, -0.2) is 0 Å². The highest BCUT2D eigenvalue weighted by molar-refractivity contribution is 5.87. The van der Waals surface area contributed by atoms with E-state index in [0.29, 0.717) is 11.5 Å². The summed E-state index contributed by atoms with van der Waals surface area (Å²) in [4.78, 5) is 0. The summed E-state index contributed by atoms with van der Waals surface area (Å²) < 4.78 is 0. The van der Waals surface area contributed by atoms with Gasteiger partial charge in [0.2, 0.25) is 0 Å². The summed E-state index contributed by atoms with van der Waals surface area (Å²) in [6.07, 6.45) is 0. The molecule has 0 heterocycles. The smallest absolute Gasteiger partial charge is 0.123 e. The maximum absolute atomic E-state index is 9.37. The number of aromatic hydroxyl groups is 2. The third-order valence-corrected chi connectivity index (χ3v) is 3.74. The van der Waals surface area contributed by atoms with Crippen molar-refractivity contribution in [2.75, 3.05) is 0 Å². The minimum atomic E-state index is 0.305. The van der Waals surface area contributed by atoms with Crippen LogP contribution in [0.15, 0.2) is 97.1 Å². The summed E-state index contributed by atoms with van der Waals surface area (Å²) in [5, 5.41) is 20.5. The second kappa shape index (κ2) is 7.34. The van der Waals surface area contributed by atoms with E-state index in [2.05, 4.69) is 0 Å². The summed E-state index contributed by atoms with van der Waals surface area (Å²) in [6, 6.07) is 30.6. The van der Waals surface area contributed by atoms with Crippen LogP contribution in [0, 0.1) is 0 Å². The zero-order valence-electron chi connectivity index (χ0n) is 13.1. The number of rotatable bonds is 1. The van der Waals surface area contributed by atoms with Crippen molar-refractivity contribution in [2.24, 2.45) is 0 Å². The first-order valence-corrected chi connectivity index (χ1v) is 7.75. The molecule has 118 valence electrons. The molecule has 0 aliphatic rings. The van der Waals surface area contributed by atoms with E-state index in [1.165, 1.54) is 5.56 Å². The van der Waals surface area contributed by atoms with Crippen LogP contribution >= 0.6 is 0 Å². The van der Waals surface area contributed by atoms with Gasteiger partial charge in [-0.1, -0.05) is 78.9 Å². The first-order valence-electron chi connectivity index (χ1n) is 7.75. The molecule has 0 fully saturated rings. The Balaban J connectivity index is 0.000000143.